The van der Waals surface area contributed by atoms with Crippen molar-refractivity contribution in [2.24, 2.45) is 0 Å². The van der Waals surface area contributed by atoms with Gasteiger partial charge in [0.2, 0.25) is 0 Å². The van der Waals surface area contributed by atoms with Gasteiger partial charge in [-0.05, 0) is 19.1 Å². The minimum absolute atomic E-state index is 0. The van der Waals surface area contributed by atoms with E-state index < -0.39 is 28.9 Å². The lowest BCUT2D eigenvalue weighted by Crippen LogP contribution is -2.52. The van der Waals surface area contributed by atoms with Crippen molar-refractivity contribution in [3.63, 3.8) is 0 Å². The number of rotatable bonds is 1. The summed E-state index contributed by atoms with van der Waals surface area (Å²) >= 11 is 0. The number of nitrogens with zero attached hydrogens (tertiary/aromatic N) is 1. The predicted molar refractivity (Wildman–Crippen MR) is 66.9 cm³/mol. The first-order valence-electron chi connectivity index (χ1n) is 5.67. The molecule has 7 heteroatoms. The van der Waals surface area contributed by atoms with Gasteiger partial charge in [-0.3, -0.25) is 4.79 Å². The van der Waals surface area contributed by atoms with Crippen LogP contribution in [0.25, 0.3) is 0 Å². The molecule has 0 aliphatic carbocycles. The second-order valence-electron chi connectivity index (χ2n) is 4.27. The van der Waals surface area contributed by atoms with Crippen LogP contribution in [-0.2, 0) is 0 Å². The van der Waals surface area contributed by atoms with E-state index in [9.17, 15) is 18.0 Å². The molecule has 0 bridgehead atoms. The molecule has 1 heterocycles. The molecule has 1 aromatic carbocycles. The number of hydrogen-bond acceptors (Lipinski definition) is 2. The van der Waals surface area contributed by atoms with E-state index in [2.05, 4.69) is 5.32 Å². The normalized spacial score (nSPS) is 18.9. The first kappa shape index (κ1) is 15.8. The third kappa shape index (κ3) is 3.01. The fourth-order valence-electron chi connectivity index (χ4n) is 1.99. The molecule has 0 spiro atoms. The highest BCUT2D eigenvalue weighted by molar-refractivity contribution is 5.94. The molecule has 1 N–H and O–H groups in total. The van der Waals surface area contributed by atoms with Crippen LogP contribution >= 0.6 is 12.4 Å². The number of amides is 1. The number of halogens is 4. The predicted octanol–water partition coefficient (Wildman–Crippen LogP) is 1.96. The van der Waals surface area contributed by atoms with E-state index in [0.29, 0.717) is 19.6 Å². The van der Waals surface area contributed by atoms with Crippen LogP contribution in [0.15, 0.2) is 12.1 Å². The zero-order chi connectivity index (χ0) is 13.3. The second kappa shape index (κ2) is 6.25. The SMILES string of the molecule is C[C@H]1CNCCN1C(=O)c1ccc(F)c(F)c1F.Cl. The molecule has 0 saturated carbocycles. The van der Waals surface area contributed by atoms with Crippen LogP contribution in [0, 0.1) is 17.5 Å². The van der Waals surface area contributed by atoms with Gasteiger partial charge in [0.15, 0.2) is 17.5 Å². The Bertz CT molecular complexity index is 484. The van der Waals surface area contributed by atoms with Gasteiger partial charge in [0.1, 0.15) is 0 Å². The lowest BCUT2D eigenvalue weighted by Gasteiger charge is -2.34. The average Bonchev–Trinajstić information content (AvgIpc) is 2.36. The molecular weight excluding hydrogens is 281 g/mol. The third-order valence-electron chi connectivity index (χ3n) is 3.03. The molecule has 1 amide bonds. The van der Waals surface area contributed by atoms with Gasteiger partial charge < -0.3 is 10.2 Å². The maximum atomic E-state index is 13.5. The Hall–Kier alpha value is -1.27. The van der Waals surface area contributed by atoms with Crippen molar-refractivity contribution in [2.75, 3.05) is 19.6 Å². The fourth-order valence-corrected chi connectivity index (χ4v) is 1.99. The number of hydrogen-bond donors (Lipinski definition) is 1. The number of carbonyl (C=O) groups is 1. The molecule has 0 radical (unpaired) electrons. The molecule has 1 aromatic rings. The van der Waals surface area contributed by atoms with Gasteiger partial charge in [-0.15, -0.1) is 12.4 Å². The van der Waals surface area contributed by atoms with Crippen molar-refractivity contribution < 1.29 is 18.0 Å². The Balaban J connectivity index is 0.00000180. The zero-order valence-electron chi connectivity index (χ0n) is 10.3. The van der Waals surface area contributed by atoms with Crippen molar-refractivity contribution in [2.45, 2.75) is 13.0 Å². The summed E-state index contributed by atoms with van der Waals surface area (Å²) in [5.41, 5.74) is -0.428. The van der Waals surface area contributed by atoms with Crippen molar-refractivity contribution in [1.82, 2.24) is 10.2 Å². The van der Waals surface area contributed by atoms with Gasteiger partial charge in [0.05, 0.1) is 5.56 Å². The third-order valence-corrected chi connectivity index (χ3v) is 3.03. The maximum absolute atomic E-state index is 13.5. The quantitative estimate of drug-likeness (QED) is 0.803. The van der Waals surface area contributed by atoms with E-state index in [0.717, 1.165) is 12.1 Å². The van der Waals surface area contributed by atoms with Crippen LogP contribution in [0.2, 0.25) is 0 Å². The van der Waals surface area contributed by atoms with Gasteiger partial charge >= 0.3 is 0 Å². The second-order valence-corrected chi connectivity index (χ2v) is 4.27. The summed E-state index contributed by atoms with van der Waals surface area (Å²) in [6, 6.07) is 1.63. The van der Waals surface area contributed by atoms with Crippen LogP contribution in [-0.4, -0.2) is 36.5 Å². The maximum Gasteiger partial charge on any atom is 0.257 e. The molecule has 3 nitrogen and oxygen atoms in total. The largest absolute Gasteiger partial charge is 0.333 e. The molecule has 0 aromatic heterocycles. The molecule has 1 aliphatic rings. The van der Waals surface area contributed by atoms with Crippen LogP contribution < -0.4 is 5.32 Å². The van der Waals surface area contributed by atoms with E-state index >= 15 is 0 Å². The van der Waals surface area contributed by atoms with Crippen LogP contribution in [0.5, 0.6) is 0 Å². The van der Waals surface area contributed by atoms with Gasteiger partial charge in [-0.1, -0.05) is 0 Å². The van der Waals surface area contributed by atoms with Gasteiger partial charge in [0, 0.05) is 25.7 Å². The molecular formula is C12H14ClF3N2O. The van der Waals surface area contributed by atoms with Gasteiger partial charge in [-0.25, -0.2) is 13.2 Å². The monoisotopic (exact) mass is 294 g/mol. The minimum Gasteiger partial charge on any atom is -0.333 e. The van der Waals surface area contributed by atoms with E-state index in [4.69, 9.17) is 0 Å². The molecule has 106 valence electrons. The van der Waals surface area contributed by atoms with Crippen molar-refractivity contribution in [1.29, 1.82) is 0 Å². The summed E-state index contributed by atoms with van der Waals surface area (Å²) < 4.78 is 39.4. The topological polar surface area (TPSA) is 32.3 Å². The minimum atomic E-state index is -1.61. The van der Waals surface area contributed by atoms with Gasteiger partial charge in [-0.2, -0.15) is 0 Å². The van der Waals surface area contributed by atoms with Gasteiger partial charge in [0.25, 0.3) is 5.91 Å². The molecule has 1 atom stereocenters. The standard InChI is InChI=1S/C12H13F3N2O.ClH/c1-7-6-16-4-5-17(7)12(18)8-2-3-9(13)11(15)10(8)14;/h2-3,7,16H,4-6H2,1H3;1H/t7-;/m0./s1. The van der Waals surface area contributed by atoms with Crippen molar-refractivity contribution >= 4 is 18.3 Å². The Kier molecular flexibility index (Phi) is 5.20. The Morgan fingerprint density at radius 1 is 1.32 bits per heavy atom. The number of carbonyl (C=O) groups excluding carboxylic acids is 1. The average molecular weight is 295 g/mol. The van der Waals surface area contributed by atoms with Crippen LogP contribution in [0.1, 0.15) is 17.3 Å². The highest BCUT2D eigenvalue weighted by Crippen LogP contribution is 2.18. The summed E-state index contributed by atoms with van der Waals surface area (Å²) in [6.07, 6.45) is 0. The zero-order valence-corrected chi connectivity index (χ0v) is 11.1. The highest BCUT2D eigenvalue weighted by atomic mass is 35.5. The summed E-state index contributed by atoms with van der Waals surface area (Å²) in [4.78, 5) is 13.5. The number of benzene rings is 1. The molecule has 1 saturated heterocycles. The van der Waals surface area contributed by atoms with Crippen LogP contribution in [0.4, 0.5) is 13.2 Å². The molecule has 2 rings (SSSR count). The summed E-state index contributed by atoms with van der Waals surface area (Å²) in [7, 11) is 0. The Labute approximate surface area is 115 Å². The lowest BCUT2D eigenvalue weighted by molar-refractivity contribution is 0.0649. The smallest absolute Gasteiger partial charge is 0.257 e. The van der Waals surface area contributed by atoms with E-state index in [-0.39, 0.29) is 18.4 Å². The highest BCUT2D eigenvalue weighted by Gasteiger charge is 2.27. The van der Waals surface area contributed by atoms with Crippen molar-refractivity contribution in [3.05, 3.63) is 35.1 Å². The molecule has 1 aliphatic heterocycles. The Morgan fingerprint density at radius 3 is 2.63 bits per heavy atom. The summed E-state index contributed by atoms with van der Waals surface area (Å²) in [5, 5.41) is 3.08. The molecule has 1 fully saturated rings. The number of piperazine rings is 1. The fraction of sp³-hybridized carbons (Fsp3) is 0.417. The lowest BCUT2D eigenvalue weighted by atomic mass is 10.1. The summed E-state index contributed by atoms with van der Waals surface area (Å²) in [6.45, 7) is 3.42. The first-order chi connectivity index (χ1) is 8.52. The van der Waals surface area contributed by atoms with E-state index in [1.165, 1.54) is 4.90 Å². The van der Waals surface area contributed by atoms with E-state index in [1.54, 1.807) is 0 Å². The van der Waals surface area contributed by atoms with Crippen LogP contribution in [0.3, 0.4) is 0 Å². The van der Waals surface area contributed by atoms with Crippen molar-refractivity contribution in [3.8, 4) is 0 Å². The Morgan fingerprint density at radius 2 is 2.00 bits per heavy atom. The molecule has 0 unspecified atom stereocenters. The molecule has 19 heavy (non-hydrogen) atoms. The van der Waals surface area contributed by atoms with E-state index in [1.807, 2.05) is 6.92 Å². The number of nitrogens with one attached hydrogen (secondary N) is 1. The summed E-state index contributed by atoms with van der Waals surface area (Å²) in [5.74, 6) is -4.94. The first-order valence-corrected chi connectivity index (χ1v) is 5.67.